The molecule has 1 aromatic heterocycles. The molecule has 2 aliphatic rings. The van der Waals surface area contributed by atoms with E-state index in [1.165, 1.54) is 16.7 Å². The highest BCUT2D eigenvalue weighted by Gasteiger charge is 2.46. The van der Waals surface area contributed by atoms with Gasteiger partial charge < -0.3 is 4.90 Å². The zero-order valence-corrected chi connectivity index (χ0v) is 21.5. The first kappa shape index (κ1) is 23.8. The lowest BCUT2D eigenvalue weighted by Gasteiger charge is -2.39. The number of rotatable bonds is 4. The van der Waals surface area contributed by atoms with Crippen LogP contribution in [-0.2, 0) is 5.41 Å². The minimum atomic E-state index is -0.0514. The Kier molecular flexibility index (Phi) is 6.52. The Morgan fingerprint density at radius 2 is 1.69 bits per heavy atom. The van der Waals surface area contributed by atoms with Gasteiger partial charge in [-0.15, -0.1) is 0 Å². The number of piperidine rings is 1. The van der Waals surface area contributed by atoms with Crippen LogP contribution in [0.1, 0.15) is 51.3 Å². The number of likely N-dealkylation sites (tertiary alicyclic amines) is 1. The van der Waals surface area contributed by atoms with E-state index in [1.807, 2.05) is 43.0 Å². The number of halogens is 1. The SMILES string of the molecule is Cc1ccc(/C=C/CN2CCC3(CC2)CN(C(=O)c2cc(C)nc(C)c2)c2ccc(Cl)cc23)cc1. The summed E-state index contributed by atoms with van der Waals surface area (Å²) in [5.74, 6) is 0.0440. The Bertz CT molecular complexity index is 1250. The number of benzene rings is 2. The van der Waals surface area contributed by atoms with E-state index in [0.29, 0.717) is 12.1 Å². The standard InChI is InChI=1S/C30H32ClN3O/c1-21-6-8-24(9-7-21)5-4-14-33-15-12-30(13-16-33)20-34(28-11-10-26(31)19-27(28)30)29(35)25-17-22(2)32-23(3)18-25/h4-11,17-19H,12-16,20H2,1-3H3/b5-4+. The number of aryl methyl sites for hydroxylation is 3. The van der Waals surface area contributed by atoms with Crippen LogP contribution in [0.15, 0.2) is 60.7 Å². The van der Waals surface area contributed by atoms with Crippen molar-refractivity contribution >= 4 is 29.3 Å². The van der Waals surface area contributed by atoms with E-state index < -0.39 is 0 Å². The van der Waals surface area contributed by atoms with Crippen LogP contribution < -0.4 is 4.90 Å². The van der Waals surface area contributed by atoms with Crippen LogP contribution >= 0.6 is 11.6 Å². The van der Waals surface area contributed by atoms with Crippen LogP contribution in [0.3, 0.4) is 0 Å². The average molecular weight is 486 g/mol. The Morgan fingerprint density at radius 3 is 2.37 bits per heavy atom. The van der Waals surface area contributed by atoms with Gasteiger partial charge in [0.1, 0.15) is 0 Å². The van der Waals surface area contributed by atoms with Crippen molar-refractivity contribution in [1.29, 1.82) is 0 Å². The zero-order valence-electron chi connectivity index (χ0n) is 20.7. The number of anilines is 1. The number of pyridine rings is 1. The first-order valence-electron chi connectivity index (χ1n) is 12.4. The molecule has 0 saturated carbocycles. The fourth-order valence-electron chi connectivity index (χ4n) is 5.54. The van der Waals surface area contributed by atoms with E-state index in [1.54, 1.807) is 0 Å². The molecule has 180 valence electrons. The molecule has 3 aromatic rings. The summed E-state index contributed by atoms with van der Waals surface area (Å²) in [7, 11) is 0. The number of fused-ring (bicyclic) bond motifs is 2. The monoisotopic (exact) mass is 485 g/mol. The molecule has 0 atom stereocenters. The lowest BCUT2D eigenvalue weighted by molar-refractivity contribution is 0.0977. The van der Waals surface area contributed by atoms with Gasteiger partial charge in [-0.3, -0.25) is 14.7 Å². The summed E-state index contributed by atoms with van der Waals surface area (Å²) in [4.78, 5) is 22.5. The van der Waals surface area contributed by atoms with Crippen molar-refractivity contribution in [2.45, 2.75) is 39.0 Å². The van der Waals surface area contributed by atoms with Crippen molar-refractivity contribution in [1.82, 2.24) is 9.88 Å². The molecule has 2 aliphatic heterocycles. The molecule has 1 spiro atoms. The van der Waals surface area contributed by atoms with Gasteiger partial charge in [-0.25, -0.2) is 0 Å². The molecule has 1 saturated heterocycles. The van der Waals surface area contributed by atoms with Crippen molar-refractivity contribution in [3.8, 4) is 0 Å². The maximum absolute atomic E-state index is 13.6. The van der Waals surface area contributed by atoms with Crippen molar-refractivity contribution in [2.75, 3.05) is 31.1 Å². The molecule has 4 nitrogen and oxygen atoms in total. The molecule has 35 heavy (non-hydrogen) atoms. The quantitative estimate of drug-likeness (QED) is 0.431. The third-order valence-electron chi connectivity index (χ3n) is 7.42. The predicted molar refractivity (Wildman–Crippen MR) is 144 cm³/mol. The molecule has 2 aromatic carbocycles. The second kappa shape index (κ2) is 9.60. The molecule has 0 N–H and O–H groups in total. The van der Waals surface area contributed by atoms with Crippen LogP contribution in [0.5, 0.6) is 0 Å². The van der Waals surface area contributed by atoms with E-state index in [9.17, 15) is 4.79 Å². The lowest BCUT2D eigenvalue weighted by atomic mass is 9.74. The van der Waals surface area contributed by atoms with Crippen molar-refractivity contribution < 1.29 is 4.79 Å². The molecule has 3 heterocycles. The Balaban J connectivity index is 1.32. The number of carbonyl (C=O) groups excluding carboxylic acids is 1. The van der Waals surface area contributed by atoms with Crippen LogP contribution in [0, 0.1) is 20.8 Å². The van der Waals surface area contributed by atoms with Crippen LogP contribution in [0.25, 0.3) is 6.08 Å². The summed E-state index contributed by atoms with van der Waals surface area (Å²) in [6.45, 7) is 9.62. The Labute approximate surface area is 213 Å². The smallest absolute Gasteiger partial charge is 0.258 e. The van der Waals surface area contributed by atoms with Gasteiger partial charge >= 0.3 is 0 Å². The average Bonchev–Trinajstić information content (AvgIpc) is 3.14. The Hall–Kier alpha value is -2.95. The molecule has 5 rings (SSSR count). The van der Waals surface area contributed by atoms with Crippen molar-refractivity contribution in [3.63, 3.8) is 0 Å². The Morgan fingerprint density at radius 1 is 1.00 bits per heavy atom. The van der Waals surface area contributed by atoms with Gasteiger partial charge in [-0.05, 0) is 88.2 Å². The van der Waals surface area contributed by atoms with Gasteiger partial charge in [0.25, 0.3) is 5.91 Å². The topological polar surface area (TPSA) is 36.4 Å². The van der Waals surface area contributed by atoms with Gasteiger partial charge in [-0.2, -0.15) is 0 Å². The highest BCUT2D eigenvalue weighted by molar-refractivity contribution is 6.30. The van der Waals surface area contributed by atoms with Crippen LogP contribution in [-0.4, -0.2) is 42.0 Å². The molecule has 1 amide bonds. The minimum absolute atomic E-state index is 0.0440. The maximum atomic E-state index is 13.6. The molecule has 0 unspecified atom stereocenters. The summed E-state index contributed by atoms with van der Waals surface area (Å²) >= 11 is 6.45. The van der Waals surface area contributed by atoms with E-state index >= 15 is 0 Å². The summed E-state index contributed by atoms with van der Waals surface area (Å²) in [6.07, 6.45) is 6.48. The van der Waals surface area contributed by atoms with E-state index in [0.717, 1.165) is 54.6 Å². The predicted octanol–water partition coefficient (Wildman–Crippen LogP) is 6.37. The third kappa shape index (κ3) is 4.91. The molecule has 0 radical (unpaired) electrons. The summed E-state index contributed by atoms with van der Waals surface area (Å²) in [5, 5.41) is 0.733. The normalized spacial score (nSPS) is 17.3. The van der Waals surface area contributed by atoms with Crippen molar-refractivity contribution in [2.24, 2.45) is 0 Å². The highest BCUT2D eigenvalue weighted by atomic mass is 35.5. The number of aromatic nitrogens is 1. The second-order valence-electron chi connectivity index (χ2n) is 10.1. The molecular weight excluding hydrogens is 454 g/mol. The fourth-order valence-corrected chi connectivity index (χ4v) is 5.72. The molecule has 5 heteroatoms. The van der Waals surface area contributed by atoms with Crippen LogP contribution in [0.2, 0.25) is 5.02 Å². The number of hydrogen-bond donors (Lipinski definition) is 0. The van der Waals surface area contributed by atoms with E-state index in [4.69, 9.17) is 11.6 Å². The molecule has 0 bridgehead atoms. The zero-order chi connectivity index (χ0) is 24.6. The number of amides is 1. The summed E-state index contributed by atoms with van der Waals surface area (Å²) < 4.78 is 0. The molecule has 1 fully saturated rings. The van der Waals surface area contributed by atoms with E-state index in [-0.39, 0.29) is 11.3 Å². The maximum Gasteiger partial charge on any atom is 0.258 e. The molecule has 0 aliphatic carbocycles. The van der Waals surface area contributed by atoms with Gasteiger partial charge in [0.2, 0.25) is 0 Å². The number of nitrogens with zero attached hydrogens (tertiary/aromatic N) is 3. The largest absolute Gasteiger partial charge is 0.307 e. The van der Waals surface area contributed by atoms with Gasteiger partial charge in [0, 0.05) is 46.2 Å². The lowest BCUT2D eigenvalue weighted by Crippen LogP contribution is -2.46. The van der Waals surface area contributed by atoms with Gasteiger partial charge in [0.05, 0.1) is 0 Å². The van der Waals surface area contributed by atoms with E-state index in [2.05, 4.69) is 59.3 Å². The number of hydrogen-bond acceptors (Lipinski definition) is 3. The minimum Gasteiger partial charge on any atom is -0.307 e. The third-order valence-corrected chi connectivity index (χ3v) is 7.65. The first-order valence-corrected chi connectivity index (χ1v) is 12.7. The van der Waals surface area contributed by atoms with Crippen molar-refractivity contribution in [3.05, 3.63) is 99.3 Å². The van der Waals surface area contributed by atoms with Gasteiger partial charge in [0.15, 0.2) is 0 Å². The number of carbonyl (C=O) groups is 1. The highest BCUT2D eigenvalue weighted by Crippen LogP contribution is 2.48. The summed E-state index contributed by atoms with van der Waals surface area (Å²) in [5.41, 5.74) is 7.11. The fraction of sp³-hybridized carbons (Fsp3) is 0.333. The first-order chi connectivity index (χ1) is 16.8. The summed E-state index contributed by atoms with van der Waals surface area (Å²) in [6, 6.07) is 18.4. The van der Waals surface area contributed by atoms with Crippen LogP contribution in [0.4, 0.5) is 5.69 Å². The molecular formula is C30H32ClN3O. The van der Waals surface area contributed by atoms with Gasteiger partial charge in [-0.1, -0.05) is 53.6 Å². The second-order valence-corrected chi connectivity index (χ2v) is 10.5.